The van der Waals surface area contributed by atoms with Gasteiger partial charge in [0, 0.05) is 48.9 Å². The number of piperidine rings is 1. The molecule has 1 fully saturated rings. The van der Waals surface area contributed by atoms with Crippen LogP contribution in [0.1, 0.15) is 31.0 Å². The number of rotatable bonds is 4. The van der Waals surface area contributed by atoms with E-state index in [-0.39, 0.29) is 0 Å². The van der Waals surface area contributed by atoms with Crippen LogP contribution < -0.4 is 4.90 Å². The third-order valence-corrected chi connectivity index (χ3v) is 4.43. The Morgan fingerprint density at radius 2 is 2.00 bits per heavy atom. The highest BCUT2D eigenvalue weighted by molar-refractivity contribution is 5.59. The van der Waals surface area contributed by atoms with Gasteiger partial charge >= 0.3 is 0 Å². The molecule has 0 bridgehead atoms. The minimum Gasteiger partial charge on any atom is -0.378 e. The number of pyridine rings is 1. The maximum atomic E-state index is 5.75. The molecule has 3 heterocycles. The minimum absolute atomic E-state index is 0.386. The van der Waals surface area contributed by atoms with Gasteiger partial charge in [-0.2, -0.15) is 0 Å². The van der Waals surface area contributed by atoms with Gasteiger partial charge in [0.05, 0.1) is 6.10 Å². The summed E-state index contributed by atoms with van der Waals surface area (Å²) in [6, 6.07) is 3.92. The second kappa shape index (κ2) is 7.04. The minimum atomic E-state index is 0.386. The lowest BCUT2D eigenvalue weighted by molar-refractivity contribution is 0.0458. The molecule has 1 saturated heterocycles. The number of hydrogen-bond donors (Lipinski definition) is 0. The third kappa shape index (κ3) is 3.50. The van der Waals surface area contributed by atoms with E-state index in [1.807, 2.05) is 25.3 Å². The molecule has 0 radical (unpaired) electrons. The van der Waals surface area contributed by atoms with E-state index in [2.05, 4.69) is 28.7 Å². The highest BCUT2D eigenvalue weighted by Gasteiger charge is 2.23. The highest BCUT2D eigenvalue weighted by atomic mass is 16.5. The molecule has 0 saturated carbocycles. The van der Waals surface area contributed by atoms with Gasteiger partial charge in [-0.3, -0.25) is 4.98 Å². The molecule has 2 aromatic heterocycles. The van der Waals surface area contributed by atoms with Gasteiger partial charge in [0.15, 0.2) is 5.82 Å². The van der Waals surface area contributed by atoms with Crippen molar-refractivity contribution in [2.24, 2.45) is 0 Å². The molecule has 0 unspecified atom stereocenters. The van der Waals surface area contributed by atoms with E-state index in [9.17, 15) is 0 Å². The molecule has 0 N–H and O–H groups in total. The van der Waals surface area contributed by atoms with Gasteiger partial charge in [-0.1, -0.05) is 0 Å². The summed E-state index contributed by atoms with van der Waals surface area (Å²) in [7, 11) is 0. The van der Waals surface area contributed by atoms with E-state index in [0.717, 1.165) is 61.0 Å². The quantitative estimate of drug-likeness (QED) is 0.868. The lowest BCUT2D eigenvalue weighted by Gasteiger charge is -2.33. The van der Waals surface area contributed by atoms with Crippen LogP contribution in [0.25, 0.3) is 11.4 Å². The fourth-order valence-electron chi connectivity index (χ4n) is 3.02. The van der Waals surface area contributed by atoms with Crippen molar-refractivity contribution in [2.45, 2.75) is 39.7 Å². The average Bonchev–Trinajstić information content (AvgIpc) is 2.59. The summed E-state index contributed by atoms with van der Waals surface area (Å²) in [6.45, 7) is 8.97. The van der Waals surface area contributed by atoms with Crippen LogP contribution in [0.15, 0.2) is 24.5 Å². The summed E-state index contributed by atoms with van der Waals surface area (Å²) in [5.74, 6) is 1.80. The maximum absolute atomic E-state index is 5.75. The summed E-state index contributed by atoms with van der Waals surface area (Å²) in [5.41, 5.74) is 3.15. The fraction of sp³-hybridized carbons (Fsp3) is 0.500. The van der Waals surface area contributed by atoms with Crippen molar-refractivity contribution in [3.8, 4) is 11.4 Å². The topological polar surface area (TPSA) is 51.1 Å². The van der Waals surface area contributed by atoms with Crippen molar-refractivity contribution >= 4 is 5.82 Å². The van der Waals surface area contributed by atoms with Crippen LogP contribution in [0.5, 0.6) is 0 Å². The van der Waals surface area contributed by atoms with Gasteiger partial charge < -0.3 is 9.64 Å². The van der Waals surface area contributed by atoms with E-state index in [0.29, 0.717) is 6.10 Å². The smallest absolute Gasteiger partial charge is 0.163 e. The zero-order valence-corrected chi connectivity index (χ0v) is 14.1. The van der Waals surface area contributed by atoms with E-state index >= 15 is 0 Å². The molecular weight excluding hydrogens is 288 g/mol. The van der Waals surface area contributed by atoms with Crippen LogP contribution in [0.2, 0.25) is 0 Å². The van der Waals surface area contributed by atoms with Gasteiger partial charge in [-0.05, 0) is 45.7 Å². The van der Waals surface area contributed by atoms with Crippen molar-refractivity contribution in [3.63, 3.8) is 0 Å². The molecule has 1 aliphatic rings. The Labute approximate surface area is 137 Å². The van der Waals surface area contributed by atoms with E-state index in [1.54, 1.807) is 6.20 Å². The Balaban J connectivity index is 1.86. The molecule has 0 amide bonds. The van der Waals surface area contributed by atoms with Crippen LogP contribution in [-0.4, -0.2) is 40.8 Å². The number of nitrogens with zero attached hydrogens (tertiary/aromatic N) is 4. The molecule has 1 aliphatic heterocycles. The Morgan fingerprint density at radius 3 is 2.65 bits per heavy atom. The van der Waals surface area contributed by atoms with E-state index < -0.39 is 0 Å². The number of aromatic nitrogens is 3. The monoisotopic (exact) mass is 312 g/mol. The molecule has 5 heteroatoms. The predicted molar refractivity (Wildman–Crippen MR) is 91.6 cm³/mol. The van der Waals surface area contributed by atoms with E-state index in [4.69, 9.17) is 9.72 Å². The number of hydrogen-bond acceptors (Lipinski definition) is 5. The first-order valence-electron chi connectivity index (χ1n) is 8.31. The first-order valence-corrected chi connectivity index (χ1v) is 8.31. The lowest BCUT2D eigenvalue weighted by atomic mass is 10.1. The molecule has 0 atom stereocenters. The largest absolute Gasteiger partial charge is 0.378 e. The fourth-order valence-corrected chi connectivity index (χ4v) is 3.02. The summed E-state index contributed by atoms with van der Waals surface area (Å²) < 4.78 is 5.75. The van der Waals surface area contributed by atoms with Crippen molar-refractivity contribution < 1.29 is 4.74 Å². The van der Waals surface area contributed by atoms with Crippen LogP contribution in [0.4, 0.5) is 5.82 Å². The number of aryl methyl sites for hydroxylation is 1. The van der Waals surface area contributed by atoms with Crippen LogP contribution >= 0.6 is 0 Å². The van der Waals surface area contributed by atoms with Crippen molar-refractivity contribution in [1.82, 2.24) is 15.0 Å². The molecule has 0 aromatic carbocycles. The summed E-state index contributed by atoms with van der Waals surface area (Å²) >= 11 is 0. The SMILES string of the molecule is CCOC1CCN(c2nc(-c3cccnc3)nc(C)c2C)CC1. The van der Waals surface area contributed by atoms with Crippen LogP contribution in [-0.2, 0) is 4.74 Å². The zero-order valence-electron chi connectivity index (χ0n) is 14.1. The standard InChI is InChI=1S/C18H24N4O/c1-4-23-16-7-10-22(11-8-16)18-13(2)14(3)20-17(21-18)15-6-5-9-19-12-15/h5-6,9,12,16H,4,7-8,10-11H2,1-3H3. The van der Waals surface area contributed by atoms with Gasteiger partial charge in [-0.15, -0.1) is 0 Å². The lowest BCUT2D eigenvalue weighted by Crippen LogP contribution is -2.38. The van der Waals surface area contributed by atoms with Crippen molar-refractivity contribution in [1.29, 1.82) is 0 Å². The first kappa shape index (κ1) is 15.9. The second-order valence-electron chi connectivity index (χ2n) is 5.96. The Hall–Kier alpha value is -2.01. The molecule has 0 aliphatic carbocycles. The zero-order chi connectivity index (χ0) is 16.2. The highest BCUT2D eigenvalue weighted by Crippen LogP contribution is 2.27. The summed E-state index contributed by atoms with van der Waals surface area (Å²) in [5, 5.41) is 0. The molecule has 23 heavy (non-hydrogen) atoms. The first-order chi connectivity index (χ1) is 11.2. The van der Waals surface area contributed by atoms with Gasteiger partial charge in [0.25, 0.3) is 0 Å². The second-order valence-corrected chi connectivity index (χ2v) is 5.96. The third-order valence-electron chi connectivity index (χ3n) is 4.43. The Kier molecular flexibility index (Phi) is 4.86. The van der Waals surface area contributed by atoms with E-state index in [1.165, 1.54) is 0 Å². The van der Waals surface area contributed by atoms with Crippen LogP contribution in [0.3, 0.4) is 0 Å². The normalized spacial score (nSPS) is 15.9. The van der Waals surface area contributed by atoms with Crippen molar-refractivity contribution in [3.05, 3.63) is 35.8 Å². The van der Waals surface area contributed by atoms with Crippen molar-refractivity contribution in [2.75, 3.05) is 24.6 Å². The predicted octanol–water partition coefficient (Wildman–Crippen LogP) is 3.16. The Bertz CT molecular complexity index is 652. The summed E-state index contributed by atoms with van der Waals surface area (Å²) in [4.78, 5) is 16.0. The average molecular weight is 312 g/mol. The molecule has 122 valence electrons. The Morgan fingerprint density at radius 1 is 1.22 bits per heavy atom. The maximum Gasteiger partial charge on any atom is 0.163 e. The molecule has 2 aromatic rings. The van der Waals surface area contributed by atoms with Gasteiger partial charge in [0.2, 0.25) is 0 Å². The molecule has 3 rings (SSSR count). The van der Waals surface area contributed by atoms with Gasteiger partial charge in [0.1, 0.15) is 5.82 Å². The molecular formula is C18H24N4O. The number of ether oxygens (including phenoxy) is 1. The van der Waals surface area contributed by atoms with Crippen LogP contribution in [0, 0.1) is 13.8 Å². The number of anilines is 1. The van der Waals surface area contributed by atoms with Gasteiger partial charge in [-0.25, -0.2) is 9.97 Å². The molecule has 0 spiro atoms. The summed E-state index contributed by atoms with van der Waals surface area (Å²) in [6.07, 6.45) is 6.08. The molecule has 5 nitrogen and oxygen atoms in total.